The topological polar surface area (TPSA) is 52.6 Å². The first-order valence-corrected chi connectivity index (χ1v) is 10.1. The lowest BCUT2D eigenvalue weighted by atomic mass is 9.99. The number of hydrogen-bond donors (Lipinski definition) is 0. The number of hydrogen-bond acceptors (Lipinski definition) is 4. The first-order valence-electron chi connectivity index (χ1n) is 10.1. The van der Waals surface area contributed by atoms with Crippen LogP contribution in [0, 0.1) is 11.8 Å². The summed E-state index contributed by atoms with van der Waals surface area (Å²) in [5.74, 6) is -0.0828. The highest BCUT2D eigenvalue weighted by atomic mass is 16.6. The smallest absolute Gasteiger partial charge is 0.314 e. The highest BCUT2D eigenvalue weighted by molar-refractivity contribution is 5.78. The van der Waals surface area contributed by atoms with Gasteiger partial charge in [0.15, 0.2) is 11.5 Å². The molecule has 0 N–H and O–H groups in total. The van der Waals surface area contributed by atoms with E-state index in [2.05, 4.69) is 13.8 Å². The second-order valence-electron chi connectivity index (χ2n) is 6.78. The van der Waals surface area contributed by atoms with E-state index in [9.17, 15) is 9.59 Å². The molecule has 0 aliphatic heterocycles. The molecule has 0 aromatic heterocycles. The maximum Gasteiger partial charge on any atom is 0.314 e. The summed E-state index contributed by atoms with van der Waals surface area (Å²) in [6, 6.07) is 6.92. The lowest BCUT2D eigenvalue weighted by Gasteiger charge is -2.17. The van der Waals surface area contributed by atoms with Gasteiger partial charge in [-0.05, 0) is 37.8 Å². The molecular weight excluding hydrogens is 328 g/mol. The molecule has 0 heterocycles. The zero-order valence-corrected chi connectivity index (χ0v) is 16.8. The van der Waals surface area contributed by atoms with Gasteiger partial charge in [-0.3, -0.25) is 9.59 Å². The predicted octanol–water partition coefficient (Wildman–Crippen LogP) is 5.93. The first-order chi connectivity index (χ1) is 12.6. The van der Waals surface area contributed by atoms with Crippen LogP contribution in [0.2, 0.25) is 0 Å². The Labute approximate surface area is 158 Å². The molecule has 0 radical (unpaired) electrons. The Morgan fingerprint density at radius 2 is 1.15 bits per heavy atom. The first kappa shape index (κ1) is 22.2. The van der Waals surface area contributed by atoms with E-state index in [0.717, 1.165) is 51.4 Å². The van der Waals surface area contributed by atoms with Gasteiger partial charge in [0.1, 0.15) is 0 Å². The zero-order chi connectivity index (χ0) is 19.4. The number of unbranched alkanes of at least 4 members (excludes halogenated alkanes) is 2. The highest BCUT2D eigenvalue weighted by Gasteiger charge is 2.23. The molecule has 0 fully saturated rings. The van der Waals surface area contributed by atoms with Crippen molar-refractivity contribution in [3.63, 3.8) is 0 Å². The van der Waals surface area contributed by atoms with Crippen LogP contribution in [-0.2, 0) is 9.59 Å². The maximum atomic E-state index is 12.5. The second kappa shape index (κ2) is 12.5. The van der Waals surface area contributed by atoms with Crippen molar-refractivity contribution >= 4 is 11.9 Å². The number of esters is 2. The van der Waals surface area contributed by atoms with E-state index in [1.807, 2.05) is 13.8 Å². The number of para-hydroxylation sites is 2. The minimum Gasteiger partial charge on any atom is -0.422 e. The van der Waals surface area contributed by atoms with E-state index in [4.69, 9.17) is 9.47 Å². The van der Waals surface area contributed by atoms with Gasteiger partial charge >= 0.3 is 11.9 Å². The van der Waals surface area contributed by atoms with Crippen LogP contribution in [0.3, 0.4) is 0 Å². The van der Waals surface area contributed by atoms with Gasteiger partial charge in [-0.15, -0.1) is 0 Å². The Morgan fingerprint density at radius 3 is 1.46 bits per heavy atom. The van der Waals surface area contributed by atoms with Crippen LogP contribution in [0.15, 0.2) is 24.3 Å². The number of benzene rings is 1. The van der Waals surface area contributed by atoms with Crippen molar-refractivity contribution in [3.8, 4) is 11.5 Å². The quantitative estimate of drug-likeness (QED) is 0.341. The Balaban J connectivity index is 2.80. The van der Waals surface area contributed by atoms with E-state index in [0.29, 0.717) is 11.5 Å². The molecule has 2 atom stereocenters. The van der Waals surface area contributed by atoms with Gasteiger partial charge in [0.25, 0.3) is 0 Å². The summed E-state index contributed by atoms with van der Waals surface area (Å²) in [4.78, 5) is 24.9. The van der Waals surface area contributed by atoms with Crippen LogP contribution in [0.5, 0.6) is 11.5 Å². The van der Waals surface area contributed by atoms with Crippen LogP contribution in [-0.4, -0.2) is 11.9 Å². The van der Waals surface area contributed by atoms with E-state index in [1.54, 1.807) is 24.3 Å². The Bertz CT molecular complexity index is 504. The van der Waals surface area contributed by atoms with Gasteiger partial charge in [-0.2, -0.15) is 0 Å². The zero-order valence-electron chi connectivity index (χ0n) is 16.8. The molecule has 0 spiro atoms. The standard InChI is InChI=1S/C22H34O4/c1-5-9-13-17(7-3)21(23)25-19-15-11-12-16-20(19)26-22(24)18(8-4)14-10-6-2/h11-12,15-18H,5-10,13-14H2,1-4H3. The van der Waals surface area contributed by atoms with Gasteiger partial charge in [0.05, 0.1) is 11.8 Å². The molecule has 1 aromatic rings. The summed E-state index contributed by atoms with van der Waals surface area (Å²) in [7, 11) is 0. The summed E-state index contributed by atoms with van der Waals surface area (Å²) >= 11 is 0. The summed E-state index contributed by atoms with van der Waals surface area (Å²) in [5.41, 5.74) is 0. The molecule has 1 rings (SSSR count). The van der Waals surface area contributed by atoms with E-state index in [-0.39, 0.29) is 23.8 Å². The fraction of sp³-hybridized carbons (Fsp3) is 0.636. The molecule has 26 heavy (non-hydrogen) atoms. The molecule has 2 unspecified atom stereocenters. The number of rotatable bonds is 12. The molecular formula is C22H34O4. The van der Waals surface area contributed by atoms with Crippen molar-refractivity contribution in [2.24, 2.45) is 11.8 Å². The Hall–Kier alpha value is -1.84. The van der Waals surface area contributed by atoms with Gasteiger partial charge in [-0.1, -0.05) is 65.5 Å². The average Bonchev–Trinajstić information content (AvgIpc) is 2.64. The third-order valence-electron chi connectivity index (χ3n) is 4.73. The normalized spacial score (nSPS) is 13.1. The fourth-order valence-electron chi connectivity index (χ4n) is 2.88. The lowest BCUT2D eigenvalue weighted by Crippen LogP contribution is -2.22. The number of ether oxygens (including phenoxy) is 2. The molecule has 4 nitrogen and oxygen atoms in total. The van der Waals surface area contributed by atoms with Crippen molar-refractivity contribution in [2.75, 3.05) is 0 Å². The van der Waals surface area contributed by atoms with Gasteiger partial charge < -0.3 is 9.47 Å². The molecule has 1 aromatic carbocycles. The van der Waals surface area contributed by atoms with Crippen molar-refractivity contribution < 1.29 is 19.1 Å². The van der Waals surface area contributed by atoms with Crippen molar-refractivity contribution in [1.29, 1.82) is 0 Å². The highest BCUT2D eigenvalue weighted by Crippen LogP contribution is 2.29. The Morgan fingerprint density at radius 1 is 0.769 bits per heavy atom. The number of carbonyl (C=O) groups excluding carboxylic acids is 2. The van der Waals surface area contributed by atoms with Crippen LogP contribution < -0.4 is 9.47 Å². The van der Waals surface area contributed by atoms with Gasteiger partial charge in [0.2, 0.25) is 0 Å². The lowest BCUT2D eigenvalue weighted by molar-refractivity contribution is -0.142. The second-order valence-corrected chi connectivity index (χ2v) is 6.78. The molecule has 146 valence electrons. The number of carbonyl (C=O) groups is 2. The molecule has 0 aliphatic rings. The maximum absolute atomic E-state index is 12.5. The minimum atomic E-state index is -0.248. The van der Waals surface area contributed by atoms with Crippen LogP contribution >= 0.6 is 0 Å². The summed E-state index contributed by atoms with van der Waals surface area (Å²) in [6.07, 6.45) is 7.23. The predicted molar refractivity (Wildman–Crippen MR) is 104 cm³/mol. The fourth-order valence-corrected chi connectivity index (χ4v) is 2.88. The van der Waals surface area contributed by atoms with Crippen molar-refractivity contribution in [2.45, 2.75) is 79.1 Å². The van der Waals surface area contributed by atoms with Crippen molar-refractivity contribution in [3.05, 3.63) is 24.3 Å². The Kier molecular flexibility index (Phi) is 10.7. The van der Waals surface area contributed by atoms with Crippen LogP contribution in [0.1, 0.15) is 79.1 Å². The van der Waals surface area contributed by atoms with Gasteiger partial charge in [0, 0.05) is 0 Å². The van der Waals surface area contributed by atoms with Crippen LogP contribution in [0.4, 0.5) is 0 Å². The molecule has 4 heteroatoms. The van der Waals surface area contributed by atoms with Crippen LogP contribution in [0.25, 0.3) is 0 Å². The molecule has 0 saturated heterocycles. The third kappa shape index (κ3) is 7.19. The molecule has 0 amide bonds. The SMILES string of the molecule is CCCCC(CC)C(=O)Oc1ccccc1OC(=O)C(CC)CCCC. The van der Waals surface area contributed by atoms with Gasteiger partial charge in [-0.25, -0.2) is 0 Å². The molecule has 0 bridgehead atoms. The minimum absolute atomic E-state index is 0.119. The van der Waals surface area contributed by atoms with E-state index >= 15 is 0 Å². The van der Waals surface area contributed by atoms with Crippen molar-refractivity contribution in [1.82, 2.24) is 0 Å². The van der Waals surface area contributed by atoms with E-state index in [1.165, 1.54) is 0 Å². The third-order valence-corrected chi connectivity index (χ3v) is 4.73. The monoisotopic (exact) mass is 362 g/mol. The average molecular weight is 363 g/mol. The summed E-state index contributed by atoms with van der Waals surface area (Å²) in [6.45, 7) is 8.20. The summed E-state index contributed by atoms with van der Waals surface area (Å²) in [5, 5.41) is 0. The molecule has 0 saturated carbocycles. The molecule has 0 aliphatic carbocycles. The summed E-state index contributed by atoms with van der Waals surface area (Å²) < 4.78 is 11.1. The van der Waals surface area contributed by atoms with E-state index < -0.39 is 0 Å². The largest absolute Gasteiger partial charge is 0.422 e.